The van der Waals surface area contributed by atoms with E-state index in [1.54, 1.807) is 12.1 Å². The molecule has 1 heterocycles. The van der Waals surface area contributed by atoms with Crippen molar-refractivity contribution < 1.29 is 9.72 Å². The number of benzene rings is 2. The van der Waals surface area contributed by atoms with Crippen molar-refractivity contribution in [2.75, 3.05) is 0 Å². The molecule has 0 unspecified atom stereocenters. The molecule has 0 atom stereocenters. The molecule has 0 spiro atoms. The fourth-order valence-corrected chi connectivity index (χ4v) is 3.36. The lowest BCUT2D eigenvalue weighted by Crippen LogP contribution is -2.00. The quantitative estimate of drug-likeness (QED) is 0.379. The topological polar surface area (TPSA) is 90.9 Å². The van der Waals surface area contributed by atoms with E-state index in [1.807, 2.05) is 41.8 Å². The van der Waals surface area contributed by atoms with E-state index in [9.17, 15) is 14.9 Å². The molecule has 0 radical (unpaired) electrons. The molecule has 0 fully saturated rings. The number of aromatic nitrogens is 3. The summed E-state index contributed by atoms with van der Waals surface area (Å²) < 4.78 is 1.90. The van der Waals surface area contributed by atoms with Gasteiger partial charge in [0, 0.05) is 23.7 Å². The van der Waals surface area contributed by atoms with E-state index in [2.05, 4.69) is 10.2 Å². The zero-order valence-corrected chi connectivity index (χ0v) is 14.1. The summed E-state index contributed by atoms with van der Waals surface area (Å²) in [5.74, 6) is 0.706. The lowest BCUT2D eigenvalue weighted by atomic mass is 10.2. The standard InChI is InChI=1S/C17H14N4O3S/c1-2-20-16(13-6-4-3-5-7-13)18-19-17(20)25-15-9-8-12(11-22)10-14(15)21(23)24/h3-11H,2H2,1H3. The highest BCUT2D eigenvalue weighted by atomic mass is 32.2. The van der Waals surface area contributed by atoms with E-state index in [1.165, 1.54) is 6.07 Å². The normalized spacial score (nSPS) is 10.6. The highest BCUT2D eigenvalue weighted by Gasteiger charge is 2.20. The second-order valence-corrected chi connectivity index (χ2v) is 6.13. The van der Waals surface area contributed by atoms with Crippen molar-refractivity contribution in [1.29, 1.82) is 0 Å². The second kappa shape index (κ2) is 7.27. The van der Waals surface area contributed by atoms with Crippen molar-refractivity contribution in [3.8, 4) is 11.4 Å². The summed E-state index contributed by atoms with van der Waals surface area (Å²) in [6.07, 6.45) is 0.587. The van der Waals surface area contributed by atoms with Gasteiger partial charge in [-0.3, -0.25) is 14.9 Å². The van der Waals surface area contributed by atoms with Crippen molar-refractivity contribution in [3.05, 3.63) is 64.2 Å². The number of nitro benzene ring substituents is 1. The predicted molar refractivity (Wildman–Crippen MR) is 93.7 cm³/mol. The number of carbonyl (C=O) groups is 1. The molecule has 0 aliphatic heterocycles. The van der Waals surface area contributed by atoms with Crippen LogP contribution in [-0.2, 0) is 6.54 Å². The van der Waals surface area contributed by atoms with Crippen LogP contribution in [0.1, 0.15) is 17.3 Å². The molecule has 0 aliphatic rings. The average molecular weight is 354 g/mol. The molecule has 3 aromatic rings. The van der Waals surface area contributed by atoms with Crippen LogP contribution in [0.3, 0.4) is 0 Å². The lowest BCUT2D eigenvalue weighted by molar-refractivity contribution is -0.387. The molecule has 3 rings (SSSR count). The molecule has 0 aliphatic carbocycles. The van der Waals surface area contributed by atoms with Gasteiger partial charge in [-0.15, -0.1) is 10.2 Å². The minimum Gasteiger partial charge on any atom is -0.302 e. The first-order valence-electron chi connectivity index (χ1n) is 7.54. The number of nitro groups is 1. The third-order valence-electron chi connectivity index (χ3n) is 3.58. The Morgan fingerprint density at radius 1 is 1.20 bits per heavy atom. The summed E-state index contributed by atoms with van der Waals surface area (Å²) in [7, 11) is 0. The molecule has 25 heavy (non-hydrogen) atoms. The summed E-state index contributed by atoms with van der Waals surface area (Å²) in [6.45, 7) is 2.59. The number of aldehydes is 1. The summed E-state index contributed by atoms with van der Waals surface area (Å²) in [4.78, 5) is 22.1. The van der Waals surface area contributed by atoms with Crippen molar-refractivity contribution in [3.63, 3.8) is 0 Å². The number of hydrogen-bond donors (Lipinski definition) is 0. The second-order valence-electron chi connectivity index (χ2n) is 5.12. The van der Waals surface area contributed by atoms with Crippen LogP contribution in [0.2, 0.25) is 0 Å². The summed E-state index contributed by atoms with van der Waals surface area (Å²) in [5, 5.41) is 20.3. The maximum atomic E-state index is 11.3. The highest BCUT2D eigenvalue weighted by molar-refractivity contribution is 7.99. The predicted octanol–water partition coefficient (Wildman–Crippen LogP) is 3.84. The molecule has 2 aromatic carbocycles. The molecule has 0 saturated carbocycles. The van der Waals surface area contributed by atoms with Crippen LogP contribution < -0.4 is 0 Å². The molecule has 0 bridgehead atoms. The molecule has 0 saturated heterocycles. The molecular formula is C17H14N4O3S. The molecule has 0 amide bonds. The summed E-state index contributed by atoms with van der Waals surface area (Å²) in [6, 6.07) is 14.0. The van der Waals surface area contributed by atoms with Crippen LogP contribution in [0.4, 0.5) is 5.69 Å². The van der Waals surface area contributed by atoms with Gasteiger partial charge in [0.25, 0.3) is 5.69 Å². The first-order chi connectivity index (χ1) is 12.1. The van der Waals surface area contributed by atoms with E-state index in [0.29, 0.717) is 28.7 Å². The molecule has 0 N–H and O–H groups in total. The minimum absolute atomic E-state index is 0.124. The Bertz CT molecular complexity index is 925. The first kappa shape index (κ1) is 16.8. The Morgan fingerprint density at radius 3 is 2.60 bits per heavy atom. The number of carbonyl (C=O) groups excluding carboxylic acids is 1. The van der Waals surface area contributed by atoms with Crippen molar-refractivity contribution in [1.82, 2.24) is 14.8 Å². The van der Waals surface area contributed by atoms with Crippen LogP contribution in [0.15, 0.2) is 58.6 Å². The maximum absolute atomic E-state index is 11.3. The van der Waals surface area contributed by atoms with Crippen molar-refractivity contribution in [2.24, 2.45) is 0 Å². The third kappa shape index (κ3) is 3.43. The van der Waals surface area contributed by atoms with Gasteiger partial charge in [0.15, 0.2) is 11.0 Å². The van der Waals surface area contributed by atoms with E-state index in [4.69, 9.17) is 0 Å². The SMILES string of the molecule is CCn1c(Sc2ccc(C=O)cc2[N+](=O)[O-])nnc1-c1ccccc1. The zero-order chi connectivity index (χ0) is 17.8. The van der Waals surface area contributed by atoms with Gasteiger partial charge in [-0.2, -0.15) is 0 Å². The number of hydrogen-bond acceptors (Lipinski definition) is 6. The Balaban J connectivity index is 2.01. The van der Waals surface area contributed by atoms with Gasteiger partial charge in [0.2, 0.25) is 0 Å². The largest absolute Gasteiger partial charge is 0.302 e. The monoisotopic (exact) mass is 354 g/mol. The van der Waals surface area contributed by atoms with Crippen LogP contribution in [0.5, 0.6) is 0 Å². The molecule has 126 valence electrons. The summed E-state index contributed by atoms with van der Waals surface area (Å²) in [5.41, 5.74) is 1.06. The zero-order valence-electron chi connectivity index (χ0n) is 13.3. The Morgan fingerprint density at radius 2 is 1.96 bits per heavy atom. The van der Waals surface area contributed by atoms with Crippen LogP contribution in [0.25, 0.3) is 11.4 Å². The molecule has 1 aromatic heterocycles. The Labute approximate surface area is 147 Å². The van der Waals surface area contributed by atoms with Gasteiger partial charge in [-0.1, -0.05) is 36.4 Å². The van der Waals surface area contributed by atoms with E-state index >= 15 is 0 Å². The molecule has 8 heteroatoms. The lowest BCUT2D eigenvalue weighted by Gasteiger charge is -2.07. The molecule has 7 nitrogen and oxygen atoms in total. The number of rotatable bonds is 6. The Hall–Kier alpha value is -3.00. The fourth-order valence-electron chi connectivity index (χ4n) is 2.39. The van der Waals surface area contributed by atoms with E-state index in [-0.39, 0.29) is 11.3 Å². The van der Waals surface area contributed by atoms with Crippen molar-refractivity contribution >= 4 is 23.7 Å². The highest BCUT2D eigenvalue weighted by Crippen LogP contribution is 2.35. The fraction of sp³-hybridized carbons (Fsp3) is 0.118. The van der Waals surface area contributed by atoms with Crippen LogP contribution in [-0.4, -0.2) is 26.0 Å². The molecular weight excluding hydrogens is 340 g/mol. The number of nitrogens with zero attached hydrogens (tertiary/aromatic N) is 4. The van der Waals surface area contributed by atoms with Crippen molar-refractivity contribution in [2.45, 2.75) is 23.5 Å². The van der Waals surface area contributed by atoms with E-state index < -0.39 is 4.92 Å². The minimum atomic E-state index is -0.500. The van der Waals surface area contributed by atoms with Gasteiger partial charge in [0.1, 0.15) is 6.29 Å². The van der Waals surface area contributed by atoms with Gasteiger partial charge < -0.3 is 4.57 Å². The van der Waals surface area contributed by atoms with Gasteiger partial charge in [0.05, 0.1) is 9.82 Å². The van der Waals surface area contributed by atoms with E-state index in [0.717, 1.165) is 17.3 Å². The van der Waals surface area contributed by atoms with Crippen LogP contribution in [0, 0.1) is 10.1 Å². The van der Waals surface area contributed by atoms with Gasteiger partial charge in [-0.25, -0.2) is 0 Å². The first-order valence-corrected chi connectivity index (χ1v) is 8.35. The third-order valence-corrected chi connectivity index (χ3v) is 4.63. The Kier molecular flexibility index (Phi) is 4.90. The summed E-state index contributed by atoms with van der Waals surface area (Å²) >= 11 is 1.16. The van der Waals surface area contributed by atoms with Gasteiger partial charge in [-0.05, 0) is 24.8 Å². The van der Waals surface area contributed by atoms with Gasteiger partial charge >= 0.3 is 0 Å². The maximum Gasteiger partial charge on any atom is 0.284 e. The smallest absolute Gasteiger partial charge is 0.284 e. The van der Waals surface area contributed by atoms with Crippen LogP contribution >= 0.6 is 11.8 Å². The average Bonchev–Trinajstić information content (AvgIpc) is 3.05.